The minimum absolute atomic E-state index is 0. The molecule has 2 heterocycles. The Morgan fingerprint density at radius 3 is 2.32 bits per heavy atom. The second-order valence-electron chi connectivity index (χ2n) is 3.61. The normalized spacial score (nSPS) is 16.3. The van der Waals surface area contributed by atoms with Crippen molar-refractivity contribution in [3.63, 3.8) is 0 Å². The minimum atomic E-state index is 0. The van der Waals surface area contributed by atoms with Gasteiger partial charge in [0, 0.05) is 18.4 Å². The first-order chi connectivity index (χ1) is 8.71. The number of thiocyanates is 2. The second kappa shape index (κ2) is 13.6. The van der Waals surface area contributed by atoms with E-state index < -0.39 is 0 Å². The molecule has 19 heavy (non-hydrogen) atoms. The molecule has 0 N–H and O–H groups in total. The van der Waals surface area contributed by atoms with Crippen LogP contribution in [0.5, 0.6) is 0 Å². The van der Waals surface area contributed by atoms with E-state index in [4.69, 9.17) is 10.5 Å². The van der Waals surface area contributed by atoms with Crippen LogP contribution in [0.4, 0.5) is 0 Å². The third kappa shape index (κ3) is 8.80. The van der Waals surface area contributed by atoms with Gasteiger partial charge in [-0.15, -0.1) is 0 Å². The third-order valence-electron chi connectivity index (χ3n) is 2.59. The molecule has 0 spiro atoms. The summed E-state index contributed by atoms with van der Waals surface area (Å²) in [4.78, 5) is 6.54. The number of nitriles is 2. The van der Waals surface area contributed by atoms with Gasteiger partial charge in [0.1, 0.15) is 0 Å². The van der Waals surface area contributed by atoms with Crippen LogP contribution in [0, 0.1) is 21.3 Å². The van der Waals surface area contributed by atoms with Gasteiger partial charge in [0.05, 0.1) is 0 Å². The molecule has 1 aromatic rings. The fraction of sp³-hybridized carbons (Fsp3) is 0.417. The average Bonchev–Trinajstić information content (AvgIpc) is 2.79. The number of aromatic nitrogens is 1. The van der Waals surface area contributed by atoms with Gasteiger partial charge in [-0.05, 0) is 38.1 Å². The van der Waals surface area contributed by atoms with Crippen molar-refractivity contribution in [1.82, 2.24) is 9.88 Å². The molecule has 1 atom stereocenters. The van der Waals surface area contributed by atoms with E-state index in [1.165, 1.54) is 35.8 Å². The van der Waals surface area contributed by atoms with Crippen molar-refractivity contribution < 1.29 is 19.5 Å². The zero-order chi connectivity index (χ0) is 13.8. The summed E-state index contributed by atoms with van der Waals surface area (Å²) in [5.41, 5.74) is 1.36. The summed E-state index contributed by atoms with van der Waals surface area (Å²) >= 11 is 7.40. The monoisotopic (exact) mass is 342 g/mol. The maximum atomic E-state index is 7.13. The fourth-order valence-corrected chi connectivity index (χ4v) is 1.90. The standard InChI is InChI=1S/C10H14N2.2CHNS.Zn/c1-12-7-3-5-10(12)9-4-2-6-11-8-9;2*2-1-3;/h2,4,6,8,10H,3,5,7H2,1H3;2*3H;/q;;;+2/p-2. The van der Waals surface area contributed by atoms with Crippen LogP contribution in [0.25, 0.3) is 0 Å². The van der Waals surface area contributed by atoms with E-state index in [2.05, 4.69) is 48.3 Å². The van der Waals surface area contributed by atoms with Gasteiger partial charge in [-0.2, -0.15) is 0 Å². The number of hydrogen-bond acceptors (Lipinski definition) is 6. The molecule has 1 aromatic heterocycles. The van der Waals surface area contributed by atoms with Crippen molar-refractivity contribution in [1.29, 1.82) is 10.5 Å². The molecule has 0 aliphatic carbocycles. The number of nitrogens with zero attached hydrogens (tertiary/aromatic N) is 4. The second-order valence-corrected chi connectivity index (χ2v) is 3.97. The predicted octanol–water partition coefficient (Wildman–Crippen LogP) is 1.87. The van der Waals surface area contributed by atoms with Crippen LogP contribution in [0.1, 0.15) is 24.4 Å². The van der Waals surface area contributed by atoms with Crippen LogP contribution in [0.3, 0.4) is 0 Å². The molecule has 0 radical (unpaired) electrons. The first kappa shape index (κ1) is 20.5. The summed E-state index contributed by atoms with van der Waals surface area (Å²) < 4.78 is 0. The Morgan fingerprint density at radius 1 is 1.37 bits per heavy atom. The summed E-state index contributed by atoms with van der Waals surface area (Å²) in [6.45, 7) is 1.22. The van der Waals surface area contributed by atoms with E-state index in [0.717, 1.165) is 0 Å². The van der Waals surface area contributed by atoms with Crippen molar-refractivity contribution >= 4 is 25.3 Å². The van der Waals surface area contributed by atoms with Crippen molar-refractivity contribution in [3.05, 3.63) is 30.1 Å². The Balaban J connectivity index is 0. The van der Waals surface area contributed by atoms with Crippen LogP contribution in [0.2, 0.25) is 0 Å². The largest absolute Gasteiger partial charge is 2.00 e. The molecule has 1 aliphatic rings. The van der Waals surface area contributed by atoms with Gasteiger partial charge in [-0.3, -0.25) is 9.88 Å². The van der Waals surface area contributed by atoms with Crippen LogP contribution in [-0.2, 0) is 44.7 Å². The van der Waals surface area contributed by atoms with Gasteiger partial charge < -0.3 is 25.3 Å². The molecule has 4 nitrogen and oxygen atoms in total. The van der Waals surface area contributed by atoms with Gasteiger partial charge in [0.2, 0.25) is 0 Å². The van der Waals surface area contributed by atoms with E-state index in [1.807, 2.05) is 18.5 Å². The molecule has 0 aromatic carbocycles. The fourth-order valence-electron chi connectivity index (χ4n) is 1.90. The molecule has 1 saturated heterocycles. The van der Waals surface area contributed by atoms with E-state index in [9.17, 15) is 0 Å². The van der Waals surface area contributed by atoms with Gasteiger partial charge >= 0.3 is 19.5 Å². The summed E-state index contributed by atoms with van der Waals surface area (Å²) in [5.74, 6) is 0. The van der Waals surface area contributed by atoms with E-state index in [-0.39, 0.29) is 19.5 Å². The van der Waals surface area contributed by atoms with Crippen molar-refractivity contribution in [2.75, 3.05) is 13.6 Å². The Labute approximate surface area is 138 Å². The molecule has 7 heteroatoms. The number of likely N-dealkylation sites (tertiary alicyclic amines) is 1. The van der Waals surface area contributed by atoms with Gasteiger partial charge in [0.15, 0.2) is 0 Å². The Hall–Kier alpha value is -0.847. The van der Waals surface area contributed by atoms with Gasteiger partial charge in [-0.1, -0.05) is 16.9 Å². The zero-order valence-electron chi connectivity index (χ0n) is 10.8. The molecule has 96 valence electrons. The Kier molecular flexibility index (Phi) is 14.6. The molecule has 0 saturated carbocycles. The number of hydrogen-bond donors (Lipinski definition) is 0. The zero-order valence-corrected chi connectivity index (χ0v) is 15.4. The van der Waals surface area contributed by atoms with Crippen molar-refractivity contribution in [2.45, 2.75) is 18.9 Å². The van der Waals surface area contributed by atoms with Crippen molar-refractivity contribution in [2.24, 2.45) is 0 Å². The molecular formula is C12H14N4S2Zn. The topological polar surface area (TPSA) is 63.7 Å². The molecule has 2 rings (SSSR count). The third-order valence-corrected chi connectivity index (χ3v) is 2.59. The molecule has 1 unspecified atom stereocenters. The van der Waals surface area contributed by atoms with Crippen molar-refractivity contribution in [3.8, 4) is 10.8 Å². The molecule has 0 amide bonds. The first-order valence-corrected chi connectivity index (χ1v) is 6.15. The van der Waals surface area contributed by atoms with E-state index >= 15 is 0 Å². The predicted molar refractivity (Wildman–Crippen MR) is 74.8 cm³/mol. The quantitative estimate of drug-likeness (QED) is 0.441. The van der Waals surface area contributed by atoms with Crippen LogP contribution >= 0.6 is 0 Å². The maximum absolute atomic E-state index is 7.13. The van der Waals surface area contributed by atoms with Crippen LogP contribution in [-0.4, -0.2) is 23.5 Å². The van der Waals surface area contributed by atoms with E-state index in [1.54, 1.807) is 0 Å². The Bertz CT molecular complexity index is 390. The molecule has 0 bridgehead atoms. The minimum Gasteiger partial charge on any atom is -0.696 e. The van der Waals surface area contributed by atoms with Crippen LogP contribution in [0.15, 0.2) is 24.5 Å². The molecular weight excluding hydrogens is 330 g/mol. The summed E-state index contributed by atoms with van der Waals surface area (Å²) in [6.07, 6.45) is 6.41. The number of pyridine rings is 1. The van der Waals surface area contributed by atoms with Gasteiger partial charge in [-0.25, -0.2) is 10.5 Å². The molecule has 1 fully saturated rings. The Morgan fingerprint density at radius 2 is 1.95 bits per heavy atom. The van der Waals surface area contributed by atoms with Crippen LogP contribution < -0.4 is 0 Å². The summed E-state index contributed by atoms with van der Waals surface area (Å²) in [5, 5.41) is 16.9. The maximum Gasteiger partial charge on any atom is 2.00 e. The van der Waals surface area contributed by atoms with Gasteiger partial charge in [0.25, 0.3) is 0 Å². The number of rotatable bonds is 1. The smallest absolute Gasteiger partial charge is 0.696 e. The summed E-state index contributed by atoms with van der Waals surface area (Å²) in [6, 6.07) is 4.79. The molecule has 1 aliphatic heterocycles. The average molecular weight is 344 g/mol. The SMILES string of the molecule is CN1CCCC1c1cccnc1.N#C[S-].N#C[S-].[Zn+2]. The van der Waals surface area contributed by atoms with E-state index in [0.29, 0.717) is 6.04 Å². The summed E-state index contributed by atoms with van der Waals surface area (Å²) in [7, 11) is 2.19. The first-order valence-electron chi connectivity index (χ1n) is 5.33.